The minimum absolute atomic E-state index is 1.13. The lowest BCUT2D eigenvalue weighted by Crippen LogP contribution is -1.86. The summed E-state index contributed by atoms with van der Waals surface area (Å²) in [5, 5.41) is 0. The molecule has 59 valence electrons. The first-order valence-corrected chi connectivity index (χ1v) is 4.36. The first kappa shape index (κ1) is 8.32. The Kier molecular flexibility index (Phi) is 3.15. The third kappa shape index (κ3) is 2.38. The maximum atomic E-state index is 3.24. The Bertz CT molecular complexity index is 213. The predicted molar refractivity (Wildman–Crippen MR) is 48.7 cm³/mol. The second-order valence-corrected chi connectivity index (χ2v) is 2.83. The summed E-state index contributed by atoms with van der Waals surface area (Å²) < 4.78 is 0. The Morgan fingerprint density at radius 3 is 2.82 bits per heavy atom. The molecule has 0 aliphatic carbocycles. The lowest BCUT2D eigenvalue weighted by molar-refractivity contribution is 0.915. The van der Waals surface area contributed by atoms with E-state index in [0.29, 0.717) is 0 Å². The SMILES string of the molecule is CCCc1[c]ccc(CC)c1. The van der Waals surface area contributed by atoms with Crippen LogP contribution >= 0.6 is 0 Å². The molecule has 0 aromatic heterocycles. The molecule has 11 heavy (non-hydrogen) atoms. The number of aryl methyl sites for hydroxylation is 2. The summed E-state index contributed by atoms with van der Waals surface area (Å²) in [6, 6.07) is 9.67. The molecule has 0 heteroatoms. The van der Waals surface area contributed by atoms with E-state index in [9.17, 15) is 0 Å². The molecule has 0 nitrogen and oxygen atoms in total. The molecule has 0 atom stereocenters. The minimum Gasteiger partial charge on any atom is -0.0651 e. The zero-order valence-corrected chi connectivity index (χ0v) is 7.35. The van der Waals surface area contributed by atoms with E-state index in [1.165, 1.54) is 17.5 Å². The van der Waals surface area contributed by atoms with Gasteiger partial charge in [-0.3, -0.25) is 0 Å². The molecule has 0 unspecified atom stereocenters. The van der Waals surface area contributed by atoms with E-state index < -0.39 is 0 Å². The highest BCUT2D eigenvalue weighted by molar-refractivity contribution is 5.22. The van der Waals surface area contributed by atoms with Crippen LogP contribution in [0.4, 0.5) is 0 Å². The molecule has 0 saturated heterocycles. The summed E-state index contributed by atoms with van der Waals surface area (Å²) in [6.07, 6.45) is 3.50. The van der Waals surface area contributed by atoms with Crippen molar-refractivity contribution in [2.45, 2.75) is 33.1 Å². The van der Waals surface area contributed by atoms with Crippen molar-refractivity contribution in [3.8, 4) is 0 Å². The maximum absolute atomic E-state index is 3.24. The van der Waals surface area contributed by atoms with Gasteiger partial charge in [-0.15, -0.1) is 0 Å². The minimum atomic E-state index is 1.13. The van der Waals surface area contributed by atoms with Crippen molar-refractivity contribution in [1.82, 2.24) is 0 Å². The fourth-order valence-corrected chi connectivity index (χ4v) is 1.20. The fourth-order valence-electron chi connectivity index (χ4n) is 1.20. The standard InChI is InChI=1S/C11H15/c1-3-6-11-8-5-7-10(4-2)9-11/h5,7,9H,3-4,6H2,1-2H3. The van der Waals surface area contributed by atoms with Gasteiger partial charge < -0.3 is 0 Å². The summed E-state index contributed by atoms with van der Waals surface area (Å²) in [7, 11) is 0. The van der Waals surface area contributed by atoms with Gasteiger partial charge in [-0.2, -0.15) is 0 Å². The summed E-state index contributed by atoms with van der Waals surface area (Å²) in [5.74, 6) is 0. The third-order valence-corrected chi connectivity index (χ3v) is 1.85. The van der Waals surface area contributed by atoms with Gasteiger partial charge in [-0.1, -0.05) is 38.5 Å². The van der Waals surface area contributed by atoms with Crippen molar-refractivity contribution in [1.29, 1.82) is 0 Å². The molecule has 0 bridgehead atoms. The van der Waals surface area contributed by atoms with Crippen LogP contribution in [0.3, 0.4) is 0 Å². The molecule has 0 saturated carbocycles. The highest BCUT2D eigenvalue weighted by atomic mass is 14.0. The van der Waals surface area contributed by atoms with Gasteiger partial charge in [-0.05, 0) is 30.0 Å². The molecule has 0 N–H and O–H groups in total. The van der Waals surface area contributed by atoms with Crippen LogP contribution in [-0.4, -0.2) is 0 Å². The number of hydrogen-bond acceptors (Lipinski definition) is 0. The van der Waals surface area contributed by atoms with E-state index in [2.05, 4.69) is 32.0 Å². The average Bonchev–Trinajstić information content (AvgIpc) is 2.06. The van der Waals surface area contributed by atoms with Gasteiger partial charge in [0.15, 0.2) is 0 Å². The van der Waals surface area contributed by atoms with Gasteiger partial charge in [0.2, 0.25) is 0 Å². The van der Waals surface area contributed by atoms with Crippen molar-refractivity contribution in [3.63, 3.8) is 0 Å². The van der Waals surface area contributed by atoms with Gasteiger partial charge >= 0.3 is 0 Å². The number of benzene rings is 1. The first-order valence-electron chi connectivity index (χ1n) is 4.36. The van der Waals surface area contributed by atoms with E-state index in [1.807, 2.05) is 6.07 Å². The normalized spacial score (nSPS) is 10.0. The van der Waals surface area contributed by atoms with Gasteiger partial charge in [0.25, 0.3) is 0 Å². The van der Waals surface area contributed by atoms with Gasteiger partial charge in [-0.25, -0.2) is 0 Å². The zero-order valence-electron chi connectivity index (χ0n) is 7.35. The molecule has 0 heterocycles. The highest BCUT2D eigenvalue weighted by Crippen LogP contribution is 2.06. The van der Waals surface area contributed by atoms with E-state index >= 15 is 0 Å². The van der Waals surface area contributed by atoms with Crippen LogP contribution in [0.2, 0.25) is 0 Å². The number of rotatable bonds is 3. The highest BCUT2D eigenvalue weighted by Gasteiger charge is 1.92. The van der Waals surface area contributed by atoms with Crippen molar-refractivity contribution >= 4 is 0 Å². The molecule has 1 radical (unpaired) electrons. The lowest BCUT2D eigenvalue weighted by Gasteiger charge is -1.99. The van der Waals surface area contributed by atoms with E-state index in [1.54, 1.807) is 0 Å². The molecule has 0 spiro atoms. The fraction of sp³-hybridized carbons (Fsp3) is 0.455. The zero-order chi connectivity index (χ0) is 8.10. The third-order valence-electron chi connectivity index (χ3n) is 1.85. The van der Waals surface area contributed by atoms with Gasteiger partial charge in [0.05, 0.1) is 0 Å². The topological polar surface area (TPSA) is 0 Å². The van der Waals surface area contributed by atoms with Crippen molar-refractivity contribution < 1.29 is 0 Å². The lowest BCUT2D eigenvalue weighted by atomic mass is 10.1. The Hall–Kier alpha value is -0.780. The summed E-state index contributed by atoms with van der Waals surface area (Å²) >= 11 is 0. The molecule has 0 aliphatic rings. The van der Waals surface area contributed by atoms with Crippen LogP contribution in [-0.2, 0) is 12.8 Å². The van der Waals surface area contributed by atoms with E-state index in [4.69, 9.17) is 0 Å². The Balaban J connectivity index is 2.74. The molecule has 0 aliphatic heterocycles. The Morgan fingerprint density at radius 2 is 2.18 bits per heavy atom. The number of hydrogen-bond donors (Lipinski definition) is 0. The quantitative estimate of drug-likeness (QED) is 0.616. The van der Waals surface area contributed by atoms with Crippen molar-refractivity contribution in [3.05, 3.63) is 35.4 Å². The monoisotopic (exact) mass is 147 g/mol. The molecule has 1 aromatic rings. The second-order valence-electron chi connectivity index (χ2n) is 2.83. The van der Waals surface area contributed by atoms with Gasteiger partial charge in [0.1, 0.15) is 0 Å². The van der Waals surface area contributed by atoms with Crippen LogP contribution in [0, 0.1) is 6.07 Å². The smallest absolute Gasteiger partial charge is 0.0149 e. The van der Waals surface area contributed by atoms with Crippen LogP contribution in [0.25, 0.3) is 0 Å². The van der Waals surface area contributed by atoms with E-state index in [-0.39, 0.29) is 0 Å². The largest absolute Gasteiger partial charge is 0.0651 e. The van der Waals surface area contributed by atoms with Crippen LogP contribution in [0.15, 0.2) is 18.2 Å². The van der Waals surface area contributed by atoms with Crippen molar-refractivity contribution in [2.24, 2.45) is 0 Å². The molecule has 0 fully saturated rings. The predicted octanol–water partition coefficient (Wildman–Crippen LogP) is 3.00. The summed E-state index contributed by atoms with van der Waals surface area (Å²) in [5.41, 5.74) is 2.78. The van der Waals surface area contributed by atoms with Crippen molar-refractivity contribution in [2.75, 3.05) is 0 Å². The Labute approximate surface area is 69.3 Å². The molecular weight excluding hydrogens is 132 g/mol. The summed E-state index contributed by atoms with van der Waals surface area (Å²) in [4.78, 5) is 0. The maximum Gasteiger partial charge on any atom is -0.0149 e. The molecule has 1 aromatic carbocycles. The van der Waals surface area contributed by atoms with Crippen LogP contribution in [0.1, 0.15) is 31.4 Å². The summed E-state index contributed by atoms with van der Waals surface area (Å²) in [6.45, 7) is 4.39. The van der Waals surface area contributed by atoms with Crippen LogP contribution in [0.5, 0.6) is 0 Å². The average molecular weight is 147 g/mol. The first-order chi connectivity index (χ1) is 5.36. The Morgan fingerprint density at radius 1 is 1.36 bits per heavy atom. The second kappa shape index (κ2) is 4.17. The molecular formula is C11H15. The molecule has 1 rings (SSSR count). The van der Waals surface area contributed by atoms with Crippen LogP contribution < -0.4 is 0 Å². The molecule has 0 amide bonds. The van der Waals surface area contributed by atoms with E-state index in [0.717, 1.165) is 12.8 Å². The van der Waals surface area contributed by atoms with Gasteiger partial charge in [0, 0.05) is 0 Å².